The topological polar surface area (TPSA) is 70.2 Å². The van der Waals surface area contributed by atoms with Gasteiger partial charge >= 0.3 is 6.18 Å². The van der Waals surface area contributed by atoms with Gasteiger partial charge in [-0.05, 0) is 18.9 Å². The largest absolute Gasteiger partial charge is 0.404 e. The average molecular weight is 309 g/mol. The number of halogens is 3. The van der Waals surface area contributed by atoms with Gasteiger partial charge in [0.05, 0.1) is 0 Å². The molecule has 1 fully saturated rings. The molecule has 1 rings (SSSR count). The Bertz CT molecular complexity index is 377. The molecule has 0 aromatic heterocycles. The molecule has 122 valence electrons. The van der Waals surface area contributed by atoms with Crippen LogP contribution in [0.1, 0.15) is 26.7 Å². The fraction of sp³-hybridized carbons (Fsp3) is 0.846. The zero-order valence-electron chi connectivity index (χ0n) is 12.3. The van der Waals surface area contributed by atoms with Crippen LogP contribution in [0.5, 0.6) is 0 Å². The molecule has 2 amide bonds. The summed E-state index contributed by atoms with van der Waals surface area (Å²) >= 11 is 0. The molecule has 21 heavy (non-hydrogen) atoms. The van der Waals surface area contributed by atoms with Crippen LogP contribution >= 0.6 is 0 Å². The van der Waals surface area contributed by atoms with Crippen molar-refractivity contribution < 1.29 is 22.8 Å². The fourth-order valence-electron chi connectivity index (χ4n) is 2.12. The molecular weight excluding hydrogens is 287 g/mol. The van der Waals surface area contributed by atoms with Crippen LogP contribution in [0, 0.1) is 11.3 Å². The molecule has 5 nitrogen and oxygen atoms in total. The van der Waals surface area contributed by atoms with Crippen molar-refractivity contribution >= 4 is 11.8 Å². The minimum atomic E-state index is -4.60. The Morgan fingerprint density at radius 2 is 1.95 bits per heavy atom. The summed E-state index contributed by atoms with van der Waals surface area (Å²) in [5.74, 6) is -1.05. The van der Waals surface area contributed by atoms with Crippen molar-refractivity contribution in [2.45, 2.75) is 32.9 Å². The van der Waals surface area contributed by atoms with E-state index in [-0.39, 0.29) is 31.8 Å². The first kappa shape index (κ1) is 17.7. The lowest BCUT2D eigenvalue weighted by Gasteiger charge is -2.29. The van der Waals surface area contributed by atoms with Crippen molar-refractivity contribution in [3.8, 4) is 0 Å². The molecule has 3 N–H and O–H groups in total. The molecule has 1 saturated heterocycles. The van der Waals surface area contributed by atoms with Crippen LogP contribution < -0.4 is 16.0 Å². The SMILES string of the molecule is CC(C)CNC(=O)CCNC(=O)C1(C(F)(F)F)CCNC1. The van der Waals surface area contributed by atoms with Gasteiger partial charge in [0, 0.05) is 26.1 Å². The summed E-state index contributed by atoms with van der Waals surface area (Å²) in [6.45, 7) is 4.01. The Kier molecular flexibility index (Phi) is 6.00. The summed E-state index contributed by atoms with van der Waals surface area (Å²) in [5, 5.41) is 7.44. The van der Waals surface area contributed by atoms with Crippen molar-refractivity contribution in [2.75, 3.05) is 26.2 Å². The first-order chi connectivity index (χ1) is 9.69. The molecule has 1 atom stereocenters. The summed E-state index contributed by atoms with van der Waals surface area (Å²) in [7, 11) is 0. The van der Waals surface area contributed by atoms with Gasteiger partial charge in [0.1, 0.15) is 0 Å². The maximum absolute atomic E-state index is 13.1. The zero-order chi connectivity index (χ0) is 16.1. The third-order valence-electron chi connectivity index (χ3n) is 3.48. The average Bonchev–Trinajstić information content (AvgIpc) is 2.86. The van der Waals surface area contributed by atoms with Gasteiger partial charge in [0.25, 0.3) is 0 Å². The third-order valence-corrected chi connectivity index (χ3v) is 3.48. The molecule has 1 aliphatic rings. The molecule has 1 unspecified atom stereocenters. The predicted octanol–water partition coefficient (Wildman–Crippen LogP) is 0.807. The summed E-state index contributed by atoms with van der Waals surface area (Å²) in [5.41, 5.74) is -2.37. The van der Waals surface area contributed by atoms with Crippen LogP contribution in [-0.4, -0.2) is 44.2 Å². The normalized spacial score (nSPS) is 22.4. The van der Waals surface area contributed by atoms with Crippen LogP contribution in [0.2, 0.25) is 0 Å². The Morgan fingerprint density at radius 1 is 1.29 bits per heavy atom. The molecule has 0 aromatic carbocycles. The maximum atomic E-state index is 13.1. The second-order valence-electron chi connectivity index (χ2n) is 5.71. The third kappa shape index (κ3) is 4.59. The van der Waals surface area contributed by atoms with E-state index in [0.29, 0.717) is 12.5 Å². The maximum Gasteiger partial charge on any atom is 0.404 e. The lowest BCUT2D eigenvalue weighted by molar-refractivity contribution is -0.215. The quantitative estimate of drug-likeness (QED) is 0.680. The van der Waals surface area contributed by atoms with Crippen LogP contribution in [0.15, 0.2) is 0 Å². The van der Waals surface area contributed by atoms with Gasteiger partial charge < -0.3 is 16.0 Å². The number of hydrogen-bond donors (Lipinski definition) is 3. The number of alkyl halides is 3. The molecular formula is C13H22F3N3O2. The Balaban J connectivity index is 2.44. The van der Waals surface area contributed by atoms with Gasteiger partial charge in [0.15, 0.2) is 5.41 Å². The van der Waals surface area contributed by atoms with Crippen LogP contribution in [0.25, 0.3) is 0 Å². The molecule has 8 heteroatoms. The number of hydrogen-bond acceptors (Lipinski definition) is 3. The minimum Gasteiger partial charge on any atom is -0.356 e. The second kappa shape index (κ2) is 7.11. The highest BCUT2D eigenvalue weighted by Crippen LogP contribution is 2.43. The van der Waals surface area contributed by atoms with Gasteiger partial charge in [-0.15, -0.1) is 0 Å². The van der Waals surface area contributed by atoms with Crippen LogP contribution in [0.3, 0.4) is 0 Å². The van der Waals surface area contributed by atoms with Crippen molar-refractivity contribution in [1.29, 1.82) is 0 Å². The highest BCUT2D eigenvalue weighted by Gasteiger charge is 2.61. The Morgan fingerprint density at radius 3 is 2.43 bits per heavy atom. The molecule has 0 bridgehead atoms. The summed E-state index contributed by atoms with van der Waals surface area (Å²) in [6.07, 6.45) is -4.90. The van der Waals surface area contributed by atoms with Crippen LogP contribution in [0.4, 0.5) is 13.2 Å². The van der Waals surface area contributed by atoms with E-state index >= 15 is 0 Å². The van der Waals surface area contributed by atoms with Crippen molar-refractivity contribution in [1.82, 2.24) is 16.0 Å². The molecule has 0 saturated carbocycles. The van der Waals surface area contributed by atoms with E-state index < -0.39 is 24.0 Å². The number of carbonyl (C=O) groups excluding carboxylic acids is 2. The molecule has 0 radical (unpaired) electrons. The first-order valence-electron chi connectivity index (χ1n) is 7.01. The first-order valence-corrected chi connectivity index (χ1v) is 7.01. The lowest BCUT2D eigenvalue weighted by Crippen LogP contribution is -2.52. The molecule has 0 aromatic rings. The van der Waals surface area contributed by atoms with Crippen molar-refractivity contribution in [3.63, 3.8) is 0 Å². The monoisotopic (exact) mass is 309 g/mol. The summed E-state index contributed by atoms with van der Waals surface area (Å²) in [4.78, 5) is 23.3. The number of carbonyl (C=O) groups is 2. The van der Waals surface area contributed by atoms with E-state index in [1.807, 2.05) is 13.8 Å². The fourth-order valence-corrected chi connectivity index (χ4v) is 2.12. The van der Waals surface area contributed by atoms with Crippen molar-refractivity contribution in [2.24, 2.45) is 11.3 Å². The van der Waals surface area contributed by atoms with E-state index in [9.17, 15) is 22.8 Å². The molecule has 1 heterocycles. The van der Waals surface area contributed by atoms with Gasteiger partial charge in [-0.1, -0.05) is 13.8 Å². The van der Waals surface area contributed by atoms with E-state index in [1.54, 1.807) is 0 Å². The predicted molar refractivity (Wildman–Crippen MR) is 71.4 cm³/mol. The Hall–Kier alpha value is -1.31. The lowest BCUT2D eigenvalue weighted by atomic mass is 9.85. The number of nitrogens with one attached hydrogen (secondary N) is 3. The van der Waals surface area contributed by atoms with Gasteiger partial charge in [-0.25, -0.2) is 0 Å². The Labute approximate surface area is 122 Å². The molecule has 0 spiro atoms. The minimum absolute atomic E-state index is 0.0280. The van der Waals surface area contributed by atoms with E-state index in [4.69, 9.17) is 0 Å². The smallest absolute Gasteiger partial charge is 0.356 e. The van der Waals surface area contributed by atoms with Crippen LogP contribution in [-0.2, 0) is 9.59 Å². The van der Waals surface area contributed by atoms with E-state index in [0.717, 1.165) is 0 Å². The van der Waals surface area contributed by atoms with Gasteiger partial charge in [-0.2, -0.15) is 13.2 Å². The van der Waals surface area contributed by atoms with Gasteiger partial charge in [0.2, 0.25) is 11.8 Å². The van der Waals surface area contributed by atoms with Crippen molar-refractivity contribution in [3.05, 3.63) is 0 Å². The standard InChI is InChI=1S/C13H22F3N3O2/c1-9(2)7-19-10(20)3-5-18-11(21)12(13(14,15)16)4-6-17-8-12/h9,17H,3-8H2,1-2H3,(H,18,21)(H,19,20). The number of amides is 2. The second-order valence-corrected chi connectivity index (χ2v) is 5.71. The molecule has 0 aliphatic carbocycles. The van der Waals surface area contributed by atoms with Gasteiger partial charge in [-0.3, -0.25) is 9.59 Å². The van der Waals surface area contributed by atoms with E-state index in [2.05, 4.69) is 16.0 Å². The molecule has 1 aliphatic heterocycles. The highest BCUT2D eigenvalue weighted by atomic mass is 19.4. The zero-order valence-corrected chi connectivity index (χ0v) is 12.3. The number of rotatable bonds is 6. The summed E-state index contributed by atoms with van der Waals surface area (Å²) in [6, 6.07) is 0. The summed E-state index contributed by atoms with van der Waals surface area (Å²) < 4.78 is 39.2. The highest BCUT2D eigenvalue weighted by molar-refractivity contribution is 5.85. The van der Waals surface area contributed by atoms with E-state index in [1.165, 1.54) is 0 Å².